The number of hydrogen-bond acceptors (Lipinski definition) is 7. The minimum Gasteiger partial charge on any atom is -0.356 e. The summed E-state index contributed by atoms with van der Waals surface area (Å²) < 4.78 is 1.87. The summed E-state index contributed by atoms with van der Waals surface area (Å²) in [5, 5.41) is 15.6. The number of hydrogen-bond donors (Lipinski definition) is 2. The summed E-state index contributed by atoms with van der Waals surface area (Å²) in [6, 6.07) is 14.8. The lowest BCUT2D eigenvalue weighted by Crippen LogP contribution is -2.34. The predicted molar refractivity (Wildman–Crippen MR) is 134 cm³/mol. The second-order valence-electron chi connectivity index (χ2n) is 9.06. The Morgan fingerprint density at radius 2 is 2.03 bits per heavy atom. The fourth-order valence-corrected chi connectivity index (χ4v) is 4.91. The number of unbranched alkanes of at least 4 members (excludes halogenated alkanes) is 2. The Hall–Kier alpha value is -3.26. The van der Waals surface area contributed by atoms with Gasteiger partial charge in [-0.25, -0.2) is 4.68 Å². The Morgan fingerprint density at radius 3 is 2.91 bits per heavy atom. The Labute approximate surface area is 201 Å². The number of aromatic nitrogens is 4. The average Bonchev–Trinajstić information content (AvgIpc) is 3.58. The first-order chi connectivity index (χ1) is 16.9. The molecule has 1 atom stereocenters. The molecule has 1 aliphatic heterocycles. The fraction of sp³-hybridized carbons (Fsp3) is 0.462. The molecular formula is C26H34N8. The monoisotopic (exact) mass is 458 g/mol. The molecule has 1 aromatic carbocycles. The van der Waals surface area contributed by atoms with Gasteiger partial charge in [0.15, 0.2) is 5.96 Å². The van der Waals surface area contributed by atoms with Crippen molar-refractivity contribution in [2.24, 2.45) is 4.99 Å². The molecule has 0 fully saturated rings. The quantitative estimate of drug-likeness (QED) is 0.454. The molecule has 0 amide bonds. The van der Waals surface area contributed by atoms with E-state index in [0.29, 0.717) is 6.04 Å². The van der Waals surface area contributed by atoms with Crippen LogP contribution in [0.3, 0.4) is 0 Å². The van der Waals surface area contributed by atoms with Crippen LogP contribution in [0.1, 0.15) is 55.1 Å². The number of fused-ring (bicyclic) bond motifs is 1. The largest absolute Gasteiger partial charge is 0.356 e. The summed E-state index contributed by atoms with van der Waals surface area (Å²) in [6.07, 6.45) is 10.9. The molecule has 0 radical (unpaired) electrons. The second-order valence-corrected chi connectivity index (χ2v) is 9.06. The highest BCUT2D eigenvalue weighted by molar-refractivity contribution is 5.81. The van der Waals surface area contributed by atoms with Crippen LogP contribution in [0.2, 0.25) is 0 Å². The van der Waals surface area contributed by atoms with Crippen molar-refractivity contribution in [3.63, 3.8) is 0 Å². The van der Waals surface area contributed by atoms with Gasteiger partial charge in [0, 0.05) is 25.8 Å². The van der Waals surface area contributed by atoms with Gasteiger partial charge in [-0.1, -0.05) is 35.9 Å². The molecule has 0 saturated carbocycles. The van der Waals surface area contributed by atoms with E-state index in [-0.39, 0.29) is 0 Å². The zero-order valence-electron chi connectivity index (χ0n) is 19.7. The van der Waals surface area contributed by atoms with Crippen LogP contribution in [-0.4, -0.2) is 57.0 Å². The maximum Gasteiger partial charge on any atom is 0.191 e. The van der Waals surface area contributed by atoms with E-state index in [9.17, 15) is 0 Å². The summed E-state index contributed by atoms with van der Waals surface area (Å²) >= 11 is 0. The predicted octanol–water partition coefficient (Wildman–Crippen LogP) is 3.26. The summed E-state index contributed by atoms with van der Waals surface area (Å²) in [4.78, 5) is 11.8. The number of guanidine groups is 1. The summed E-state index contributed by atoms with van der Waals surface area (Å²) in [6.45, 7) is 4.60. The summed E-state index contributed by atoms with van der Waals surface area (Å²) in [7, 11) is 0. The summed E-state index contributed by atoms with van der Waals surface area (Å²) in [5.74, 6) is 0.952. The van der Waals surface area contributed by atoms with Crippen LogP contribution < -0.4 is 10.6 Å². The van der Waals surface area contributed by atoms with Crippen molar-refractivity contribution < 1.29 is 0 Å². The van der Waals surface area contributed by atoms with Crippen LogP contribution in [0.25, 0.3) is 5.69 Å². The number of benzene rings is 1. The maximum atomic E-state index is 4.80. The van der Waals surface area contributed by atoms with Gasteiger partial charge in [0.1, 0.15) is 0 Å². The Morgan fingerprint density at radius 1 is 1.09 bits per heavy atom. The van der Waals surface area contributed by atoms with Crippen molar-refractivity contribution >= 4 is 5.96 Å². The molecule has 3 heterocycles. The first kappa shape index (κ1) is 22.5. The van der Waals surface area contributed by atoms with Crippen molar-refractivity contribution in [1.29, 1.82) is 0 Å². The van der Waals surface area contributed by atoms with Crippen LogP contribution in [0, 0.1) is 0 Å². The third kappa shape index (κ3) is 5.62. The van der Waals surface area contributed by atoms with Gasteiger partial charge in [0.2, 0.25) is 0 Å². The number of pyridine rings is 1. The van der Waals surface area contributed by atoms with Crippen molar-refractivity contribution in [1.82, 2.24) is 35.5 Å². The number of rotatable bonds is 10. The molecule has 1 aliphatic carbocycles. The average molecular weight is 459 g/mol. The van der Waals surface area contributed by atoms with E-state index in [1.54, 1.807) is 0 Å². The molecule has 1 unspecified atom stereocenters. The van der Waals surface area contributed by atoms with Gasteiger partial charge in [-0.15, -0.1) is 5.10 Å². The number of aliphatic imine (C=N–C) groups is 1. The molecule has 178 valence electrons. The molecule has 8 nitrogen and oxygen atoms in total. The fourth-order valence-electron chi connectivity index (χ4n) is 4.91. The van der Waals surface area contributed by atoms with E-state index >= 15 is 0 Å². The molecule has 0 bridgehead atoms. The lowest BCUT2D eigenvalue weighted by Gasteiger charge is -2.34. The van der Waals surface area contributed by atoms with Crippen LogP contribution in [0.4, 0.5) is 0 Å². The normalized spacial score (nSPS) is 17.3. The van der Waals surface area contributed by atoms with Crippen molar-refractivity contribution in [3.05, 3.63) is 71.8 Å². The number of nitrogens with one attached hydrogen (secondary N) is 2. The molecule has 34 heavy (non-hydrogen) atoms. The molecule has 8 heteroatoms. The Bertz CT molecular complexity index is 1080. The smallest absolute Gasteiger partial charge is 0.191 e. The zero-order valence-corrected chi connectivity index (χ0v) is 19.7. The zero-order chi connectivity index (χ0) is 23.0. The standard InChI is InChI=1S/C26H34N8/c1-3-11-23(12-4-1)34-20-22(31-32-34)19-33(18-6-2-5-14-28-26-29-16-17-30-26)24-13-7-9-21-10-8-15-27-25(21)24/h1,3-4,8,10-12,15,20,24H,2,5-7,9,13-14,16-19H2,(H2,28,29,30). The molecule has 2 N–H and O–H groups in total. The molecule has 0 spiro atoms. The maximum absolute atomic E-state index is 4.80. The Kier molecular flexibility index (Phi) is 7.45. The van der Waals surface area contributed by atoms with Gasteiger partial charge >= 0.3 is 0 Å². The van der Waals surface area contributed by atoms with Gasteiger partial charge in [-0.05, 0) is 62.4 Å². The first-order valence-electron chi connectivity index (χ1n) is 12.5. The molecular weight excluding hydrogens is 424 g/mol. The highest BCUT2D eigenvalue weighted by Crippen LogP contribution is 2.33. The van der Waals surface area contributed by atoms with E-state index in [1.165, 1.54) is 24.1 Å². The van der Waals surface area contributed by atoms with E-state index in [1.807, 2.05) is 29.1 Å². The van der Waals surface area contributed by atoms with Gasteiger partial charge in [0.05, 0.1) is 35.9 Å². The minimum absolute atomic E-state index is 0.335. The third-order valence-electron chi connectivity index (χ3n) is 6.62. The number of aryl methyl sites for hydroxylation is 1. The van der Waals surface area contributed by atoms with Crippen LogP contribution in [0.15, 0.2) is 59.9 Å². The number of para-hydroxylation sites is 1. The van der Waals surface area contributed by atoms with E-state index in [4.69, 9.17) is 4.98 Å². The molecule has 2 aliphatic rings. The van der Waals surface area contributed by atoms with Crippen molar-refractivity contribution in [2.75, 3.05) is 26.2 Å². The van der Waals surface area contributed by atoms with Gasteiger partial charge in [-0.3, -0.25) is 14.9 Å². The second kappa shape index (κ2) is 11.2. The first-order valence-corrected chi connectivity index (χ1v) is 12.5. The topological polar surface area (TPSA) is 83.3 Å². The summed E-state index contributed by atoms with van der Waals surface area (Å²) in [5.41, 5.74) is 4.67. The van der Waals surface area contributed by atoms with Gasteiger partial charge in [0.25, 0.3) is 0 Å². The molecule has 3 aromatic rings. The van der Waals surface area contributed by atoms with E-state index in [2.05, 4.69) is 61.3 Å². The van der Waals surface area contributed by atoms with Crippen molar-refractivity contribution in [2.45, 2.75) is 51.1 Å². The highest BCUT2D eigenvalue weighted by Gasteiger charge is 2.27. The van der Waals surface area contributed by atoms with Crippen LogP contribution >= 0.6 is 0 Å². The van der Waals surface area contributed by atoms with E-state index in [0.717, 1.165) is 75.7 Å². The lowest BCUT2D eigenvalue weighted by atomic mass is 9.90. The Balaban J connectivity index is 1.23. The third-order valence-corrected chi connectivity index (χ3v) is 6.62. The van der Waals surface area contributed by atoms with Crippen LogP contribution in [0.5, 0.6) is 0 Å². The SMILES string of the molecule is c1ccc(-n2cc(CN(CCCCCNC3=NCCN3)C3CCCc4cccnc43)nn2)cc1. The molecule has 0 saturated heterocycles. The van der Waals surface area contributed by atoms with Gasteiger partial charge in [-0.2, -0.15) is 0 Å². The van der Waals surface area contributed by atoms with Crippen LogP contribution in [-0.2, 0) is 13.0 Å². The molecule has 5 rings (SSSR count). The van der Waals surface area contributed by atoms with Gasteiger partial charge < -0.3 is 10.6 Å². The highest BCUT2D eigenvalue weighted by atomic mass is 15.4. The number of nitrogens with zero attached hydrogens (tertiary/aromatic N) is 6. The lowest BCUT2D eigenvalue weighted by molar-refractivity contribution is 0.160. The minimum atomic E-state index is 0.335. The van der Waals surface area contributed by atoms with E-state index < -0.39 is 0 Å². The van der Waals surface area contributed by atoms with Crippen molar-refractivity contribution in [3.8, 4) is 5.69 Å². The molecule has 2 aromatic heterocycles.